The fourth-order valence-corrected chi connectivity index (χ4v) is 6.25. The van der Waals surface area contributed by atoms with Crippen molar-refractivity contribution < 1.29 is 4.39 Å². The topological polar surface area (TPSA) is 0 Å². The van der Waals surface area contributed by atoms with Crippen molar-refractivity contribution in [2.75, 3.05) is 0 Å². The summed E-state index contributed by atoms with van der Waals surface area (Å²) in [6.45, 7) is 6.82. The minimum Gasteiger partial charge on any atom is -0.247 e. The Bertz CT molecular complexity index is 698. The zero-order valence-electron chi connectivity index (χ0n) is 20.0. The Balaban J connectivity index is 1.93. The molecule has 2 aromatic rings. The smallest absolute Gasteiger partial charge is 0.100 e. The van der Waals surface area contributed by atoms with E-state index in [-0.39, 0.29) is 5.41 Å². The summed E-state index contributed by atoms with van der Waals surface area (Å²) < 4.78 is 15.0. The molecule has 1 saturated carbocycles. The highest BCUT2D eigenvalue weighted by Crippen LogP contribution is 2.51. The van der Waals surface area contributed by atoms with Crippen LogP contribution in [0, 0.1) is 17.8 Å². The second-order valence-electron chi connectivity index (χ2n) is 10.1. The van der Waals surface area contributed by atoms with Gasteiger partial charge in [0.25, 0.3) is 0 Å². The molecule has 1 fully saturated rings. The molecule has 0 amide bonds. The van der Waals surface area contributed by atoms with Crippen molar-refractivity contribution in [1.82, 2.24) is 0 Å². The molecule has 0 nitrogen and oxygen atoms in total. The Hall–Kier alpha value is -1.63. The van der Waals surface area contributed by atoms with Gasteiger partial charge in [0, 0.05) is 5.41 Å². The fourth-order valence-electron chi connectivity index (χ4n) is 6.25. The SMILES string of the molecule is CCCCCC1CC[C@@H](C(C)(c2ccccc2)c2ccccc2)[C@H](CC(F)CCC)C1. The van der Waals surface area contributed by atoms with Crippen LogP contribution in [0.3, 0.4) is 0 Å². The van der Waals surface area contributed by atoms with Gasteiger partial charge in [0.1, 0.15) is 6.17 Å². The van der Waals surface area contributed by atoms with Crippen molar-refractivity contribution in [3.05, 3.63) is 71.8 Å². The molecule has 31 heavy (non-hydrogen) atoms. The lowest BCUT2D eigenvalue weighted by Crippen LogP contribution is -2.42. The molecule has 0 N–H and O–H groups in total. The highest BCUT2D eigenvalue weighted by molar-refractivity contribution is 5.40. The first-order valence-corrected chi connectivity index (χ1v) is 12.8. The monoisotopic (exact) mass is 422 g/mol. The standard InChI is InChI=1S/C30H43F/c1-4-6-9-15-24-20-21-29(25(22-24)23-28(31)14-5-2)30(3,26-16-10-7-11-17-26)27-18-12-8-13-19-27/h7-8,10-13,16-19,24-25,28-29H,4-6,9,14-15,20-23H2,1-3H3/t24?,25-,28?,29+/m0/s1. The largest absolute Gasteiger partial charge is 0.247 e. The summed E-state index contributed by atoms with van der Waals surface area (Å²) >= 11 is 0. The molecule has 2 aromatic carbocycles. The number of halogens is 1. The van der Waals surface area contributed by atoms with Gasteiger partial charge in [0.05, 0.1) is 0 Å². The van der Waals surface area contributed by atoms with Gasteiger partial charge in [-0.1, -0.05) is 120 Å². The van der Waals surface area contributed by atoms with Crippen molar-refractivity contribution in [2.45, 2.75) is 96.6 Å². The molecule has 1 aliphatic carbocycles. The first kappa shape index (κ1) is 24.0. The van der Waals surface area contributed by atoms with E-state index in [0.29, 0.717) is 18.3 Å². The van der Waals surface area contributed by atoms with E-state index >= 15 is 0 Å². The van der Waals surface area contributed by atoms with Crippen LogP contribution in [0.4, 0.5) is 4.39 Å². The summed E-state index contributed by atoms with van der Waals surface area (Å²) in [5.41, 5.74) is 2.69. The summed E-state index contributed by atoms with van der Waals surface area (Å²) in [6, 6.07) is 22.0. The van der Waals surface area contributed by atoms with E-state index in [4.69, 9.17) is 0 Å². The van der Waals surface area contributed by atoms with Crippen LogP contribution in [-0.2, 0) is 5.41 Å². The summed E-state index contributed by atoms with van der Waals surface area (Å²) in [4.78, 5) is 0. The third kappa shape index (κ3) is 5.99. The van der Waals surface area contributed by atoms with Crippen LogP contribution < -0.4 is 0 Å². The lowest BCUT2D eigenvalue weighted by Gasteiger charge is -2.48. The maximum absolute atomic E-state index is 15.0. The first-order chi connectivity index (χ1) is 15.1. The summed E-state index contributed by atoms with van der Waals surface area (Å²) in [7, 11) is 0. The Morgan fingerprint density at radius 1 is 0.871 bits per heavy atom. The van der Waals surface area contributed by atoms with Crippen LogP contribution in [0.15, 0.2) is 60.7 Å². The molecular weight excluding hydrogens is 379 g/mol. The molecule has 0 saturated heterocycles. The van der Waals surface area contributed by atoms with Gasteiger partial charge in [0.15, 0.2) is 0 Å². The molecule has 0 aliphatic heterocycles. The van der Waals surface area contributed by atoms with E-state index in [9.17, 15) is 4.39 Å². The van der Waals surface area contributed by atoms with Crippen molar-refractivity contribution in [1.29, 1.82) is 0 Å². The zero-order valence-corrected chi connectivity index (χ0v) is 20.0. The Morgan fingerprint density at radius 3 is 2.03 bits per heavy atom. The number of alkyl halides is 1. The number of hydrogen-bond acceptors (Lipinski definition) is 0. The number of benzene rings is 2. The van der Waals surface area contributed by atoms with Crippen LogP contribution in [0.2, 0.25) is 0 Å². The molecule has 1 heteroatoms. The number of unbranched alkanes of at least 4 members (excludes halogenated alkanes) is 2. The van der Waals surface area contributed by atoms with Gasteiger partial charge >= 0.3 is 0 Å². The minimum absolute atomic E-state index is 0.0759. The van der Waals surface area contributed by atoms with Crippen molar-refractivity contribution >= 4 is 0 Å². The molecule has 2 unspecified atom stereocenters. The van der Waals surface area contributed by atoms with E-state index < -0.39 is 6.17 Å². The van der Waals surface area contributed by atoms with Gasteiger partial charge in [0.2, 0.25) is 0 Å². The second-order valence-corrected chi connectivity index (χ2v) is 10.1. The third-order valence-corrected chi connectivity index (χ3v) is 7.96. The highest BCUT2D eigenvalue weighted by Gasteiger charge is 2.44. The fraction of sp³-hybridized carbons (Fsp3) is 0.600. The van der Waals surface area contributed by atoms with Crippen molar-refractivity contribution in [3.63, 3.8) is 0 Å². The molecule has 4 atom stereocenters. The Kier molecular flexibility index (Phi) is 9.17. The number of hydrogen-bond donors (Lipinski definition) is 0. The van der Waals surface area contributed by atoms with E-state index in [2.05, 4.69) is 81.4 Å². The van der Waals surface area contributed by atoms with Crippen LogP contribution >= 0.6 is 0 Å². The van der Waals surface area contributed by atoms with E-state index in [1.165, 1.54) is 56.1 Å². The summed E-state index contributed by atoms with van der Waals surface area (Å²) in [5.74, 6) is 1.71. The first-order valence-electron chi connectivity index (χ1n) is 12.8. The van der Waals surface area contributed by atoms with E-state index in [0.717, 1.165) is 18.8 Å². The van der Waals surface area contributed by atoms with E-state index in [1.807, 2.05) is 0 Å². The number of rotatable bonds is 11. The molecule has 0 aromatic heterocycles. The van der Waals surface area contributed by atoms with Crippen LogP contribution in [0.5, 0.6) is 0 Å². The second kappa shape index (κ2) is 11.8. The van der Waals surface area contributed by atoms with Crippen molar-refractivity contribution in [3.8, 4) is 0 Å². The van der Waals surface area contributed by atoms with Crippen LogP contribution in [0.1, 0.15) is 96.1 Å². The lowest BCUT2D eigenvalue weighted by molar-refractivity contribution is 0.0869. The predicted molar refractivity (Wildman–Crippen MR) is 132 cm³/mol. The third-order valence-electron chi connectivity index (χ3n) is 7.96. The molecule has 3 rings (SSSR count). The van der Waals surface area contributed by atoms with Crippen LogP contribution in [0.25, 0.3) is 0 Å². The normalized spacial score (nSPS) is 22.9. The van der Waals surface area contributed by atoms with Gasteiger partial charge in [-0.05, 0) is 54.6 Å². The lowest BCUT2D eigenvalue weighted by atomic mass is 9.56. The Labute approximate surface area is 190 Å². The molecule has 0 radical (unpaired) electrons. The Morgan fingerprint density at radius 2 is 1.48 bits per heavy atom. The van der Waals surface area contributed by atoms with Crippen LogP contribution in [-0.4, -0.2) is 6.17 Å². The summed E-state index contributed by atoms with van der Waals surface area (Å²) in [6.07, 6.45) is 10.7. The maximum atomic E-state index is 15.0. The molecule has 0 spiro atoms. The van der Waals surface area contributed by atoms with Crippen molar-refractivity contribution in [2.24, 2.45) is 17.8 Å². The van der Waals surface area contributed by atoms with Gasteiger partial charge < -0.3 is 0 Å². The van der Waals surface area contributed by atoms with Gasteiger partial charge in [-0.25, -0.2) is 4.39 Å². The van der Waals surface area contributed by atoms with Gasteiger partial charge in [-0.3, -0.25) is 0 Å². The molecule has 0 heterocycles. The maximum Gasteiger partial charge on any atom is 0.100 e. The van der Waals surface area contributed by atoms with Gasteiger partial charge in [-0.15, -0.1) is 0 Å². The average molecular weight is 423 g/mol. The zero-order chi connectivity index (χ0) is 22.1. The summed E-state index contributed by atoms with van der Waals surface area (Å²) in [5, 5.41) is 0. The predicted octanol–water partition coefficient (Wildman–Crippen LogP) is 9.13. The van der Waals surface area contributed by atoms with Gasteiger partial charge in [-0.2, -0.15) is 0 Å². The molecule has 0 bridgehead atoms. The molecule has 170 valence electrons. The van der Waals surface area contributed by atoms with E-state index in [1.54, 1.807) is 0 Å². The highest BCUT2D eigenvalue weighted by atomic mass is 19.1. The average Bonchev–Trinajstić information content (AvgIpc) is 2.80. The minimum atomic E-state index is -0.664. The quantitative estimate of drug-likeness (QED) is 0.317. The molecule has 1 aliphatic rings. The molecular formula is C30H43F.